The van der Waals surface area contributed by atoms with Gasteiger partial charge in [-0.15, -0.1) is 0 Å². The smallest absolute Gasteiger partial charge is 0.216 e. The van der Waals surface area contributed by atoms with Crippen LogP contribution in [0.2, 0.25) is 0 Å². The van der Waals surface area contributed by atoms with E-state index in [0.29, 0.717) is 29.9 Å². The summed E-state index contributed by atoms with van der Waals surface area (Å²) < 4.78 is 0. The molecule has 0 atom stereocenters. The van der Waals surface area contributed by atoms with Crippen LogP contribution in [0.3, 0.4) is 0 Å². The van der Waals surface area contributed by atoms with Crippen LogP contribution in [-0.2, 0) is 11.4 Å². The molecule has 0 aliphatic rings. The molecule has 0 aliphatic heterocycles. The van der Waals surface area contributed by atoms with Gasteiger partial charge in [0, 0.05) is 37.0 Å². The lowest BCUT2D eigenvalue weighted by Crippen LogP contribution is -2.22. The second-order valence-corrected chi connectivity index (χ2v) is 3.81. The van der Waals surface area contributed by atoms with Crippen molar-refractivity contribution in [2.24, 2.45) is 4.99 Å². The summed E-state index contributed by atoms with van der Waals surface area (Å²) in [7, 11) is 0. The number of aliphatic imine (C=N–C) groups is 1. The number of amides is 1. The normalized spacial score (nSPS) is 10.8. The second-order valence-electron chi connectivity index (χ2n) is 3.81. The number of aryl methyl sites for hydroxylation is 1. The summed E-state index contributed by atoms with van der Waals surface area (Å²) in [6.45, 7) is 3.74. The van der Waals surface area contributed by atoms with Crippen molar-refractivity contribution in [1.29, 1.82) is 0 Å². The summed E-state index contributed by atoms with van der Waals surface area (Å²) in [5.41, 5.74) is 1.46. The van der Waals surface area contributed by atoms with E-state index in [1.807, 2.05) is 0 Å². The molecule has 1 aromatic rings. The Morgan fingerprint density at radius 3 is 2.94 bits per heavy atom. The topological polar surface area (TPSA) is 94.8 Å². The fraction of sp³-hybridized carbons (Fsp3) is 0.417. The van der Waals surface area contributed by atoms with Gasteiger partial charge in [0.15, 0.2) is 0 Å². The number of nitrogens with zero attached hydrogens (tertiary/aromatic N) is 2. The van der Waals surface area contributed by atoms with E-state index < -0.39 is 0 Å². The first-order valence-corrected chi connectivity index (χ1v) is 5.58. The van der Waals surface area contributed by atoms with Crippen molar-refractivity contribution in [1.82, 2.24) is 10.3 Å². The predicted octanol–water partition coefficient (Wildman–Crippen LogP) is 0.143. The van der Waals surface area contributed by atoms with Gasteiger partial charge in [0.1, 0.15) is 5.75 Å². The minimum Gasteiger partial charge on any atom is -0.505 e. The summed E-state index contributed by atoms with van der Waals surface area (Å²) in [6.07, 6.45) is 2.99. The van der Waals surface area contributed by atoms with Gasteiger partial charge < -0.3 is 15.5 Å². The van der Waals surface area contributed by atoms with Crippen LogP contribution in [0.1, 0.15) is 23.7 Å². The summed E-state index contributed by atoms with van der Waals surface area (Å²) in [5.74, 6) is -0.0892. The predicted molar refractivity (Wildman–Crippen MR) is 67.7 cm³/mol. The van der Waals surface area contributed by atoms with Crippen molar-refractivity contribution in [2.45, 2.75) is 20.5 Å². The van der Waals surface area contributed by atoms with Crippen LogP contribution in [0.15, 0.2) is 11.2 Å². The maximum absolute atomic E-state index is 10.6. The van der Waals surface area contributed by atoms with Crippen LogP contribution in [-0.4, -0.2) is 40.4 Å². The van der Waals surface area contributed by atoms with Gasteiger partial charge in [0.05, 0.1) is 18.8 Å². The summed E-state index contributed by atoms with van der Waals surface area (Å²) in [5, 5.41) is 21.6. The van der Waals surface area contributed by atoms with Gasteiger partial charge in [0.25, 0.3) is 0 Å². The summed E-state index contributed by atoms with van der Waals surface area (Å²) in [4.78, 5) is 18.7. The molecule has 0 aliphatic carbocycles. The van der Waals surface area contributed by atoms with Crippen molar-refractivity contribution in [2.75, 3.05) is 13.1 Å². The van der Waals surface area contributed by atoms with Crippen molar-refractivity contribution in [3.8, 4) is 5.75 Å². The largest absolute Gasteiger partial charge is 0.505 e. The maximum Gasteiger partial charge on any atom is 0.216 e. The number of nitrogens with one attached hydrogen (secondary N) is 1. The van der Waals surface area contributed by atoms with E-state index in [2.05, 4.69) is 15.3 Å². The van der Waals surface area contributed by atoms with Crippen LogP contribution in [0, 0.1) is 6.92 Å². The summed E-state index contributed by atoms with van der Waals surface area (Å²) >= 11 is 0. The highest BCUT2D eigenvalue weighted by Crippen LogP contribution is 2.21. The first-order valence-electron chi connectivity index (χ1n) is 5.58. The molecular formula is C12H17N3O3. The number of hydrogen-bond donors (Lipinski definition) is 3. The Morgan fingerprint density at radius 1 is 1.61 bits per heavy atom. The molecule has 98 valence electrons. The van der Waals surface area contributed by atoms with E-state index >= 15 is 0 Å². The quantitative estimate of drug-likeness (QED) is 0.512. The van der Waals surface area contributed by atoms with Crippen molar-refractivity contribution in [3.63, 3.8) is 0 Å². The highest BCUT2D eigenvalue weighted by molar-refractivity contribution is 5.85. The van der Waals surface area contributed by atoms with E-state index in [4.69, 9.17) is 5.11 Å². The van der Waals surface area contributed by atoms with Gasteiger partial charge in [-0.05, 0) is 6.92 Å². The molecule has 0 bridgehead atoms. The zero-order valence-electron chi connectivity index (χ0n) is 10.5. The Balaban J connectivity index is 2.73. The second kappa shape index (κ2) is 6.70. The molecule has 0 aromatic carbocycles. The minimum absolute atomic E-state index is 0.0184. The first-order chi connectivity index (χ1) is 8.56. The van der Waals surface area contributed by atoms with E-state index in [0.717, 1.165) is 0 Å². The lowest BCUT2D eigenvalue weighted by Gasteiger charge is -2.07. The third kappa shape index (κ3) is 3.81. The molecule has 1 heterocycles. The number of hydrogen-bond acceptors (Lipinski definition) is 5. The molecule has 6 heteroatoms. The minimum atomic E-state index is -0.214. The Morgan fingerprint density at radius 2 is 2.33 bits per heavy atom. The number of aromatic hydroxyl groups is 1. The molecule has 0 saturated heterocycles. The van der Waals surface area contributed by atoms with Crippen LogP contribution in [0.25, 0.3) is 0 Å². The molecule has 1 aromatic heterocycles. The van der Waals surface area contributed by atoms with Gasteiger partial charge in [0.2, 0.25) is 5.91 Å². The number of aromatic nitrogens is 1. The number of aliphatic hydroxyl groups excluding tert-OH is 1. The molecule has 1 rings (SSSR count). The fourth-order valence-corrected chi connectivity index (χ4v) is 1.37. The lowest BCUT2D eigenvalue weighted by atomic mass is 10.1. The molecule has 18 heavy (non-hydrogen) atoms. The number of carbonyl (C=O) groups excluding carboxylic acids is 1. The molecule has 0 unspecified atom stereocenters. The average molecular weight is 251 g/mol. The van der Waals surface area contributed by atoms with E-state index in [1.54, 1.807) is 6.92 Å². The number of rotatable bonds is 5. The molecule has 3 N–H and O–H groups in total. The average Bonchev–Trinajstić information content (AvgIpc) is 2.33. The third-order valence-electron chi connectivity index (χ3n) is 2.36. The molecule has 0 saturated carbocycles. The van der Waals surface area contributed by atoms with Gasteiger partial charge in [-0.2, -0.15) is 0 Å². The molecule has 0 radical (unpaired) electrons. The molecular weight excluding hydrogens is 234 g/mol. The number of aliphatic hydroxyl groups is 1. The Hall–Kier alpha value is -1.95. The molecule has 1 amide bonds. The molecule has 6 nitrogen and oxygen atoms in total. The molecule has 0 fully saturated rings. The fourth-order valence-electron chi connectivity index (χ4n) is 1.37. The van der Waals surface area contributed by atoms with Crippen molar-refractivity contribution >= 4 is 12.1 Å². The highest BCUT2D eigenvalue weighted by atomic mass is 16.3. The Kier molecular flexibility index (Phi) is 5.26. The van der Waals surface area contributed by atoms with Gasteiger partial charge in [-0.1, -0.05) is 0 Å². The zero-order valence-corrected chi connectivity index (χ0v) is 10.5. The lowest BCUT2D eigenvalue weighted by molar-refractivity contribution is -0.118. The molecule has 0 spiro atoms. The van der Waals surface area contributed by atoms with Crippen LogP contribution in [0.5, 0.6) is 5.75 Å². The van der Waals surface area contributed by atoms with Gasteiger partial charge in [-0.3, -0.25) is 14.8 Å². The third-order valence-corrected chi connectivity index (χ3v) is 2.36. The number of carbonyl (C=O) groups is 1. The standard InChI is InChI=1S/C12H17N3O3/c1-8-12(18)11(10(7-16)5-15-8)6-13-3-4-14-9(2)17/h5-6,16,18H,3-4,7H2,1-2H3,(H,14,17). The van der Waals surface area contributed by atoms with Crippen molar-refractivity contribution < 1.29 is 15.0 Å². The monoisotopic (exact) mass is 251 g/mol. The van der Waals surface area contributed by atoms with Crippen LogP contribution in [0.4, 0.5) is 0 Å². The summed E-state index contributed by atoms with van der Waals surface area (Å²) in [6, 6.07) is 0. The van der Waals surface area contributed by atoms with E-state index in [9.17, 15) is 9.90 Å². The van der Waals surface area contributed by atoms with Crippen LogP contribution < -0.4 is 5.32 Å². The Bertz CT molecular complexity index is 458. The van der Waals surface area contributed by atoms with Gasteiger partial charge >= 0.3 is 0 Å². The van der Waals surface area contributed by atoms with E-state index in [-0.39, 0.29) is 18.3 Å². The zero-order chi connectivity index (χ0) is 13.5. The Labute approximate surface area is 105 Å². The maximum atomic E-state index is 10.6. The highest BCUT2D eigenvalue weighted by Gasteiger charge is 2.08. The van der Waals surface area contributed by atoms with Crippen molar-refractivity contribution in [3.05, 3.63) is 23.0 Å². The van der Waals surface area contributed by atoms with Crippen LogP contribution >= 0.6 is 0 Å². The first kappa shape index (κ1) is 14.1. The van der Waals surface area contributed by atoms with Gasteiger partial charge in [-0.25, -0.2) is 0 Å². The SMILES string of the molecule is CC(=O)NCCN=Cc1c(CO)cnc(C)c1O. The number of pyridine rings is 1. The van der Waals surface area contributed by atoms with E-state index in [1.165, 1.54) is 19.3 Å².